The third-order valence-electron chi connectivity index (χ3n) is 2.07. The van der Waals surface area contributed by atoms with Crippen molar-refractivity contribution in [1.29, 1.82) is 0 Å². The summed E-state index contributed by atoms with van der Waals surface area (Å²) >= 11 is 0. The van der Waals surface area contributed by atoms with Crippen molar-refractivity contribution in [3.8, 4) is 0 Å². The van der Waals surface area contributed by atoms with Crippen LogP contribution in [0.15, 0.2) is 30.3 Å². The van der Waals surface area contributed by atoms with Crippen molar-refractivity contribution >= 4 is 10.1 Å². The van der Waals surface area contributed by atoms with Gasteiger partial charge < -0.3 is 0 Å². The fraction of sp³-hybridized carbons (Fsp3) is 0.400. The molecule has 0 bridgehead atoms. The van der Waals surface area contributed by atoms with E-state index in [0.29, 0.717) is 18.4 Å². The lowest BCUT2D eigenvalue weighted by molar-refractivity contribution is 0.399. The summed E-state index contributed by atoms with van der Waals surface area (Å²) in [4.78, 5) is 0. The van der Waals surface area contributed by atoms with Gasteiger partial charge in [-0.25, -0.2) is 0 Å². The molecule has 3 nitrogen and oxygen atoms in total. The van der Waals surface area contributed by atoms with Gasteiger partial charge in [0.25, 0.3) is 0 Å². The van der Waals surface area contributed by atoms with Crippen LogP contribution in [0.25, 0.3) is 0 Å². The molecule has 0 spiro atoms. The van der Waals surface area contributed by atoms with E-state index in [1.165, 1.54) is 0 Å². The second-order valence-electron chi connectivity index (χ2n) is 3.18. The van der Waals surface area contributed by atoms with Gasteiger partial charge >= 0.3 is 10.1 Å². The van der Waals surface area contributed by atoms with E-state index < -0.39 is 15.4 Å². The Morgan fingerprint density at radius 1 is 1.21 bits per heavy atom. The van der Waals surface area contributed by atoms with E-state index in [9.17, 15) is 13.0 Å². The maximum Gasteiger partial charge on any atom is 0.301 e. The van der Waals surface area contributed by atoms with Crippen LogP contribution in [0.3, 0.4) is 0 Å². The van der Waals surface area contributed by atoms with Crippen molar-refractivity contribution in [2.45, 2.75) is 25.0 Å². The maximum absolute atomic E-state index is 11.0. The summed E-state index contributed by atoms with van der Waals surface area (Å²) in [7, 11) is -4.23. The molecule has 0 fully saturated rings. The monoisotopic (exact) mass is 213 g/mol. The van der Waals surface area contributed by atoms with Gasteiger partial charge in [0.15, 0.2) is 0 Å². The van der Waals surface area contributed by atoms with Gasteiger partial charge in [-0.3, -0.25) is 0 Å². The Morgan fingerprint density at radius 2 is 1.79 bits per heavy atom. The highest BCUT2D eigenvalue weighted by Gasteiger charge is 2.25. The smallest absolute Gasteiger partial charge is 0.196 e. The minimum absolute atomic E-state index is 0.385. The van der Waals surface area contributed by atoms with Gasteiger partial charge in [0.05, 0.1) is 0 Å². The molecule has 1 unspecified atom stereocenters. The van der Waals surface area contributed by atoms with E-state index in [0.717, 1.165) is 0 Å². The third-order valence-corrected chi connectivity index (χ3v) is 3.28. The van der Waals surface area contributed by atoms with Crippen LogP contribution in [0.5, 0.6) is 0 Å². The molecule has 0 aliphatic carbocycles. The number of benzene rings is 1. The Balaban J connectivity index is 3.02. The highest BCUT2D eigenvalue weighted by molar-refractivity contribution is 7.85. The molecule has 1 rings (SSSR count). The molecule has 0 aliphatic heterocycles. The highest BCUT2D eigenvalue weighted by Crippen LogP contribution is 2.26. The standard InChI is InChI=1S/C10H13O3S/c1-2-6-10(14(11,12)13)9-7-4-3-5-8-9/h3-5,7-8,10H,2,6H2,1H3. The van der Waals surface area contributed by atoms with E-state index >= 15 is 0 Å². The largest absolute Gasteiger partial charge is 0.301 e. The quantitative estimate of drug-likeness (QED) is 0.770. The lowest BCUT2D eigenvalue weighted by Crippen LogP contribution is -2.10. The SMILES string of the molecule is CCCC(c1ccccc1)S([O])(=O)=O. The van der Waals surface area contributed by atoms with Crippen LogP contribution < -0.4 is 0 Å². The summed E-state index contributed by atoms with van der Waals surface area (Å²) in [6.07, 6.45) is 1.07. The highest BCUT2D eigenvalue weighted by atomic mass is 32.2. The van der Waals surface area contributed by atoms with Crippen molar-refractivity contribution in [2.75, 3.05) is 0 Å². The summed E-state index contributed by atoms with van der Waals surface area (Å²) < 4.78 is 32.9. The van der Waals surface area contributed by atoms with Crippen LogP contribution in [0, 0.1) is 0 Å². The Labute approximate surface area is 84.5 Å². The summed E-state index contributed by atoms with van der Waals surface area (Å²) in [6, 6.07) is 8.63. The maximum atomic E-state index is 11.0. The Bertz CT molecular complexity index is 370. The van der Waals surface area contributed by atoms with Crippen LogP contribution in [0.2, 0.25) is 0 Å². The van der Waals surface area contributed by atoms with Crippen LogP contribution in [-0.4, -0.2) is 8.42 Å². The molecule has 0 aromatic heterocycles. The van der Waals surface area contributed by atoms with E-state index in [-0.39, 0.29) is 0 Å². The molecule has 0 saturated heterocycles. The lowest BCUT2D eigenvalue weighted by atomic mass is 10.1. The van der Waals surface area contributed by atoms with Gasteiger partial charge in [0.1, 0.15) is 5.25 Å². The first-order valence-electron chi connectivity index (χ1n) is 4.55. The minimum atomic E-state index is -4.23. The molecule has 0 heterocycles. The molecule has 1 atom stereocenters. The van der Waals surface area contributed by atoms with Gasteiger partial charge in [-0.2, -0.15) is 8.42 Å². The molecule has 0 saturated carbocycles. The Kier molecular flexibility index (Phi) is 3.66. The summed E-state index contributed by atoms with van der Waals surface area (Å²) in [5.74, 6) is 0. The fourth-order valence-corrected chi connectivity index (χ4v) is 2.42. The number of rotatable bonds is 4. The minimum Gasteiger partial charge on any atom is -0.196 e. The van der Waals surface area contributed by atoms with Crippen LogP contribution in [0.1, 0.15) is 30.6 Å². The van der Waals surface area contributed by atoms with Gasteiger partial charge in [-0.05, 0) is 12.0 Å². The molecule has 0 amide bonds. The van der Waals surface area contributed by atoms with Crippen molar-refractivity contribution in [2.24, 2.45) is 0 Å². The Morgan fingerprint density at radius 3 is 2.21 bits per heavy atom. The van der Waals surface area contributed by atoms with Crippen LogP contribution >= 0.6 is 0 Å². The molecule has 4 heteroatoms. The molecule has 0 aliphatic rings. The number of hydrogen-bond donors (Lipinski definition) is 0. The number of hydrogen-bond acceptors (Lipinski definition) is 2. The average Bonchev–Trinajstić information content (AvgIpc) is 2.14. The Hall–Kier alpha value is -0.870. The molecule has 1 aromatic carbocycles. The molecule has 77 valence electrons. The lowest BCUT2D eigenvalue weighted by Gasteiger charge is -2.11. The zero-order valence-electron chi connectivity index (χ0n) is 8.01. The first-order chi connectivity index (χ1) is 6.55. The first kappa shape index (κ1) is 11.2. The van der Waals surface area contributed by atoms with Crippen molar-refractivity contribution in [3.05, 3.63) is 35.9 Å². The third kappa shape index (κ3) is 2.82. The van der Waals surface area contributed by atoms with Crippen molar-refractivity contribution in [3.63, 3.8) is 0 Å². The zero-order valence-corrected chi connectivity index (χ0v) is 8.83. The fourth-order valence-electron chi connectivity index (χ4n) is 1.41. The predicted octanol–water partition coefficient (Wildman–Crippen LogP) is 2.29. The molecular formula is C10H13O3S. The van der Waals surface area contributed by atoms with Crippen molar-refractivity contribution < 1.29 is 13.0 Å². The van der Waals surface area contributed by atoms with Gasteiger partial charge in [0.2, 0.25) is 0 Å². The molecular weight excluding hydrogens is 200 g/mol. The molecule has 0 N–H and O–H groups in total. The summed E-state index contributed by atoms with van der Waals surface area (Å²) in [6.45, 7) is 1.86. The predicted molar refractivity (Wildman–Crippen MR) is 53.7 cm³/mol. The first-order valence-corrected chi connectivity index (χ1v) is 6.02. The normalized spacial score (nSPS) is 13.9. The van der Waals surface area contributed by atoms with Crippen molar-refractivity contribution in [1.82, 2.24) is 0 Å². The summed E-state index contributed by atoms with van der Waals surface area (Å²) in [5.41, 5.74) is 0.587. The molecule has 1 radical (unpaired) electrons. The average molecular weight is 213 g/mol. The van der Waals surface area contributed by atoms with Gasteiger partial charge in [-0.15, -0.1) is 0 Å². The second kappa shape index (κ2) is 4.57. The zero-order chi connectivity index (χ0) is 10.6. The van der Waals surface area contributed by atoms with E-state index in [1.54, 1.807) is 30.3 Å². The van der Waals surface area contributed by atoms with Crippen LogP contribution in [0.4, 0.5) is 0 Å². The summed E-state index contributed by atoms with van der Waals surface area (Å²) in [5, 5.41) is -0.895. The molecule has 14 heavy (non-hydrogen) atoms. The molecule has 1 aromatic rings. The van der Waals surface area contributed by atoms with E-state index in [1.807, 2.05) is 6.92 Å². The van der Waals surface area contributed by atoms with Crippen LogP contribution in [-0.2, 0) is 14.7 Å². The van der Waals surface area contributed by atoms with E-state index in [2.05, 4.69) is 0 Å². The van der Waals surface area contributed by atoms with E-state index in [4.69, 9.17) is 0 Å². The topological polar surface area (TPSA) is 54.0 Å². The van der Waals surface area contributed by atoms with Gasteiger partial charge in [0, 0.05) is 0 Å². The second-order valence-corrected chi connectivity index (χ2v) is 4.74. The van der Waals surface area contributed by atoms with Gasteiger partial charge in [-0.1, -0.05) is 48.2 Å².